The number of benzene rings is 1. The van der Waals surface area contributed by atoms with E-state index in [1.165, 1.54) is 24.3 Å². The number of non-ortho nitro benzene ring substituents is 1. The van der Waals surface area contributed by atoms with E-state index in [0.29, 0.717) is 5.56 Å². The van der Waals surface area contributed by atoms with Crippen molar-refractivity contribution in [1.82, 2.24) is 0 Å². The Bertz CT molecular complexity index is 523. The van der Waals surface area contributed by atoms with E-state index in [-0.39, 0.29) is 24.1 Å². The Labute approximate surface area is 117 Å². The molecule has 0 amide bonds. The molecule has 0 spiro atoms. The maximum atomic E-state index is 11.8. The summed E-state index contributed by atoms with van der Waals surface area (Å²) in [7, 11) is -1.35. The van der Waals surface area contributed by atoms with Crippen molar-refractivity contribution in [3.8, 4) is 0 Å². The maximum Gasteiger partial charge on any atom is 0.338 e. The summed E-state index contributed by atoms with van der Waals surface area (Å²) in [4.78, 5) is 21.8. The number of epoxide rings is 1. The zero-order chi connectivity index (χ0) is 14.9. The van der Waals surface area contributed by atoms with Crippen molar-refractivity contribution in [2.45, 2.75) is 31.5 Å². The van der Waals surface area contributed by atoms with E-state index >= 15 is 0 Å². The number of rotatable bonds is 5. The van der Waals surface area contributed by atoms with E-state index < -0.39 is 19.0 Å². The standard InChI is InChI=1S/C13H17NO5Si/c1-20(2,3)13-11(19-13)8-18-12(15)9-4-6-10(7-5-9)14(16)17/h4-7,11,13H,8H2,1-3H3/t11-,13+/m0/s1. The van der Waals surface area contributed by atoms with E-state index in [1.807, 2.05) is 0 Å². The van der Waals surface area contributed by atoms with Crippen molar-refractivity contribution in [3.05, 3.63) is 39.9 Å². The van der Waals surface area contributed by atoms with Crippen LogP contribution in [0.15, 0.2) is 24.3 Å². The molecule has 1 aliphatic rings. The first-order valence-electron chi connectivity index (χ1n) is 6.36. The summed E-state index contributed by atoms with van der Waals surface area (Å²) >= 11 is 0. The number of carbonyl (C=O) groups is 1. The third-order valence-corrected chi connectivity index (χ3v) is 5.34. The second kappa shape index (κ2) is 5.33. The summed E-state index contributed by atoms with van der Waals surface area (Å²) in [6, 6.07) is 5.36. The summed E-state index contributed by atoms with van der Waals surface area (Å²) in [5.74, 6) is -0.482. The van der Waals surface area contributed by atoms with E-state index in [0.717, 1.165) is 0 Å². The molecule has 1 fully saturated rings. The van der Waals surface area contributed by atoms with Gasteiger partial charge < -0.3 is 9.47 Å². The van der Waals surface area contributed by atoms with Gasteiger partial charge in [0.1, 0.15) is 12.7 Å². The van der Waals surface area contributed by atoms with Gasteiger partial charge in [0.15, 0.2) is 0 Å². The molecule has 20 heavy (non-hydrogen) atoms. The van der Waals surface area contributed by atoms with E-state index in [9.17, 15) is 14.9 Å². The van der Waals surface area contributed by atoms with Gasteiger partial charge in [0.2, 0.25) is 0 Å². The Morgan fingerprint density at radius 3 is 2.40 bits per heavy atom. The quantitative estimate of drug-likeness (QED) is 0.274. The second-order valence-corrected chi connectivity index (χ2v) is 11.2. The average Bonchev–Trinajstić information content (AvgIpc) is 3.15. The van der Waals surface area contributed by atoms with Crippen LogP contribution >= 0.6 is 0 Å². The van der Waals surface area contributed by atoms with Gasteiger partial charge in [0.05, 0.1) is 24.3 Å². The van der Waals surface area contributed by atoms with Crippen molar-refractivity contribution in [2.75, 3.05) is 6.61 Å². The van der Waals surface area contributed by atoms with Crippen LogP contribution in [0.5, 0.6) is 0 Å². The van der Waals surface area contributed by atoms with Crippen molar-refractivity contribution in [3.63, 3.8) is 0 Å². The Morgan fingerprint density at radius 1 is 1.35 bits per heavy atom. The molecular formula is C13H17NO5Si. The van der Waals surface area contributed by atoms with Gasteiger partial charge in [0, 0.05) is 12.1 Å². The first-order valence-corrected chi connectivity index (χ1v) is 9.94. The number of nitrogens with zero attached hydrogens (tertiary/aromatic N) is 1. The van der Waals surface area contributed by atoms with Crippen LogP contribution in [0.3, 0.4) is 0 Å². The molecule has 1 aliphatic heterocycles. The van der Waals surface area contributed by atoms with Gasteiger partial charge in [-0.25, -0.2) is 4.79 Å². The summed E-state index contributed by atoms with van der Waals surface area (Å²) in [6.45, 7) is 6.85. The van der Waals surface area contributed by atoms with Crippen molar-refractivity contribution >= 4 is 19.7 Å². The fraction of sp³-hybridized carbons (Fsp3) is 0.462. The lowest BCUT2D eigenvalue weighted by Crippen LogP contribution is -2.31. The van der Waals surface area contributed by atoms with Crippen molar-refractivity contribution < 1.29 is 19.2 Å². The molecule has 0 radical (unpaired) electrons. The number of nitro groups is 1. The summed E-state index contributed by atoms with van der Waals surface area (Å²) < 4.78 is 10.7. The smallest absolute Gasteiger partial charge is 0.338 e. The summed E-state index contributed by atoms with van der Waals surface area (Å²) in [5, 5.41) is 10.5. The molecule has 0 aliphatic carbocycles. The van der Waals surface area contributed by atoms with E-state index in [1.54, 1.807) is 0 Å². The normalized spacial score (nSPS) is 21.4. The molecule has 0 aromatic heterocycles. The fourth-order valence-electron chi connectivity index (χ4n) is 1.99. The summed E-state index contributed by atoms with van der Waals surface area (Å²) in [6.07, 6.45) is 0.00339. The van der Waals surface area contributed by atoms with Gasteiger partial charge >= 0.3 is 5.97 Å². The van der Waals surface area contributed by atoms with Gasteiger partial charge in [-0.1, -0.05) is 19.6 Å². The van der Waals surface area contributed by atoms with Crippen LogP contribution in [0.1, 0.15) is 10.4 Å². The minimum Gasteiger partial charge on any atom is -0.459 e. The third-order valence-electron chi connectivity index (χ3n) is 3.13. The highest BCUT2D eigenvalue weighted by molar-refractivity contribution is 6.78. The second-order valence-electron chi connectivity index (χ2n) is 5.86. The van der Waals surface area contributed by atoms with Crippen LogP contribution in [-0.2, 0) is 9.47 Å². The van der Waals surface area contributed by atoms with Gasteiger partial charge in [-0.3, -0.25) is 10.1 Å². The molecule has 0 unspecified atom stereocenters. The molecule has 1 heterocycles. The SMILES string of the molecule is C[Si](C)(C)[C@H]1O[C@H]1COC(=O)c1ccc([N+](=O)[O-])cc1. The summed E-state index contributed by atoms with van der Waals surface area (Å²) in [5.41, 5.74) is 0.499. The minimum atomic E-state index is -1.35. The van der Waals surface area contributed by atoms with Crippen LogP contribution in [0, 0.1) is 10.1 Å². The number of esters is 1. The average molecular weight is 295 g/mol. The molecule has 0 saturated carbocycles. The van der Waals surface area contributed by atoms with Crippen LogP contribution in [0.2, 0.25) is 19.6 Å². The lowest BCUT2D eigenvalue weighted by molar-refractivity contribution is -0.384. The van der Waals surface area contributed by atoms with Crippen LogP contribution in [0.4, 0.5) is 5.69 Å². The third kappa shape index (κ3) is 3.43. The van der Waals surface area contributed by atoms with Crippen LogP contribution < -0.4 is 0 Å². The molecule has 2 atom stereocenters. The van der Waals surface area contributed by atoms with Crippen molar-refractivity contribution in [1.29, 1.82) is 0 Å². The van der Waals surface area contributed by atoms with Gasteiger partial charge in [-0.05, 0) is 12.1 Å². The highest BCUT2D eigenvalue weighted by Crippen LogP contribution is 2.31. The number of hydrogen-bond acceptors (Lipinski definition) is 5. The molecule has 7 heteroatoms. The Morgan fingerprint density at radius 2 is 1.95 bits per heavy atom. The maximum absolute atomic E-state index is 11.8. The predicted octanol–water partition coefficient (Wildman–Crippen LogP) is 2.40. The number of nitro benzene ring substituents is 1. The highest BCUT2D eigenvalue weighted by atomic mass is 28.3. The molecule has 1 saturated heterocycles. The largest absolute Gasteiger partial charge is 0.459 e. The Hall–Kier alpha value is -1.73. The van der Waals surface area contributed by atoms with E-state index in [4.69, 9.17) is 9.47 Å². The van der Waals surface area contributed by atoms with Crippen LogP contribution in [-0.4, -0.2) is 37.4 Å². The molecule has 0 N–H and O–H groups in total. The zero-order valence-electron chi connectivity index (χ0n) is 11.7. The number of hydrogen-bond donors (Lipinski definition) is 0. The lowest BCUT2D eigenvalue weighted by Gasteiger charge is -2.11. The Kier molecular flexibility index (Phi) is 3.91. The molecule has 1 aromatic carbocycles. The van der Waals surface area contributed by atoms with Crippen molar-refractivity contribution in [2.24, 2.45) is 0 Å². The monoisotopic (exact) mass is 295 g/mol. The highest BCUT2D eigenvalue weighted by Gasteiger charge is 2.48. The fourth-order valence-corrected chi connectivity index (χ4v) is 3.79. The lowest BCUT2D eigenvalue weighted by atomic mass is 10.2. The molecule has 1 aromatic rings. The van der Waals surface area contributed by atoms with Gasteiger partial charge in [-0.2, -0.15) is 0 Å². The zero-order valence-corrected chi connectivity index (χ0v) is 12.7. The number of carbonyl (C=O) groups excluding carboxylic acids is 1. The van der Waals surface area contributed by atoms with Crippen LogP contribution in [0.25, 0.3) is 0 Å². The molecule has 6 nitrogen and oxygen atoms in total. The van der Waals surface area contributed by atoms with E-state index in [2.05, 4.69) is 19.6 Å². The van der Waals surface area contributed by atoms with Gasteiger partial charge in [0.25, 0.3) is 5.69 Å². The Balaban J connectivity index is 1.85. The molecule has 2 rings (SSSR count). The van der Waals surface area contributed by atoms with Gasteiger partial charge in [-0.15, -0.1) is 0 Å². The first kappa shape index (κ1) is 14.7. The topological polar surface area (TPSA) is 82.0 Å². The molecule has 108 valence electrons. The first-order chi connectivity index (χ1) is 9.29. The number of ether oxygens (including phenoxy) is 2. The molecular weight excluding hydrogens is 278 g/mol. The predicted molar refractivity (Wildman–Crippen MR) is 75.4 cm³/mol. The molecule has 0 bridgehead atoms. The minimum absolute atomic E-state index is 0.00339.